The van der Waals surface area contributed by atoms with Crippen LogP contribution in [0.4, 0.5) is 26.3 Å². The molecule has 0 radical (unpaired) electrons. The standard InChI is InChI=1S/C12H8F6N4O/c13-11(14,15)10-21-3-6(4-22-10)8-1-7(2-19)20-5-9(8)23-12(16,17)18/h1,3-5H,2,19H2. The molecule has 124 valence electrons. The fourth-order valence-corrected chi connectivity index (χ4v) is 1.64. The van der Waals surface area contributed by atoms with E-state index >= 15 is 0 Å². The zero-order chi connectivity index (χ0) is 17.3. The van der Waals surface area contributed by atoms with Crippen molar-refractivity contribution in [1.82, 2.24) is 15.0 Å². The molecule has 0 spiro atoms. The highest BCUT2D eigenvalue weighted by Crippen LogP contribution is 2.34. The van der Waals surface area contributed by atoms with Crippen LogP contribution in [0, 0.1) is 0 Å². The average molecular weight is 338 g/mol. The Bertz CT molecular complexity index is 683. The lowest BCUT2D eigenvalue weighted by Crippen LogP contribution is -2.18. The van der Waals surface area contributed by atoms with Gasteiger partial charge in [0.15, 0.2) is 5.75 Å². The van der Waals surface area contributed by atoms with Crippen molar-refractivity contribution in [3.63, 3.8) is 0 Å². The van der Waals surface area contributed by atoms with Crippen molar-refractivity contribution in [2.45, 2.75) is 19.1 Å². The second-order valence-corrected chi connectivity index (χ2v) is 4.22. The zero-order valence-corrected chi connectivity index (χ0v) is 11.1. The number of hydrogen-bond donors (Lipinski definition) is 1. The van der Waals surface area contributed by atoms with Crippen LogP contribution in [-0.4, -0.2) is 21.3 Å². The molecule has 0 amide bonds. The average Bonchev–Trinajstić information content (AvgIpc) is 2.45. The molecule has 2 aromatic heterocycles. The van der Waals surface area contributed by atoms with Gasteiger partial charge in [0.05, 0.1) is 11.9 Å². The van der Waals surface area contributed by atoms with Crippen LogP contribution in [0.25, 0.3) is 11.1 Å². The van der Waals surface area contributed by atoms with Gasteiger partial charge >= 0.3 is 12.5 Å². The number of pyridine rings is 1. The van der Waals surface area contributed by atoms with Gasteiger partial charge in [-0.05, 0) is 6.07 Å². The smallest absolute Gasteiger partial charge is 0.403 e. The van der Waals surface area contributed by atoms with E-state index < -0.39 is 24.1 Å². The van der Waals surface area contributed by atoms with Crippen LogP contribution < -0.4 is 10.5 Å². The van der Waals surface area contributed by atoms with Gasteiger partial charge in [0, 0.05) is 30.1 Å². The first-order valence-corrected chi connectivity index (χ1v) is 5.94. The van der Waals surface area contributed by atoms with E-state index in [0.29, 0.717) is 0 Å². The number of rotatable bonds is 3. The van der Waals surface area contributed by atoms with Gasteiger partial charge in [0.25, 0.3) is 0 Å². The molecular formula is C12H8F6N4O. The first-order valence-electron chi connectivity index (χ1n) is 5.94. The Morgan fingerprint density at radius 3 is 2.04 bits per heavy atom. The molecule has 2 rings (SSSR count). The maximum atomic E-state index is 12.4. The normalized spacial score (nSPS) is 12.3. The lowest BCUT2D eigenvalue weighted by Gasteiger charge is -2.14. The molecular weight excluding hydrogens is 330 g/mol. The van der Waals surface area contributed by atoms with Crippen LogP contribution in [0.15, 0.2) is 24.7 Å². The molecule has 0 aromatic carbocycles. The highest BCUT2D eigenvalue weighted by molar-refractivity contribution is 5.69. The van der Waals surface area contributed by atoms with Crippen LogP contribution in [0.5, 0.6) is 5.75 Å². The van der Waals surface area contributed by atoms with Crippen LogP contribution >= 0.6 is 0 Å². The third kappa shape index (κ3) is 4.28. The van der Waals surface area contributed by atoms with Crippen LogP contribution in [0.2, 0.25) is 0 Å². The number of nitrogens with zero attached hydrogens (tertiary/aromatic N) is 3. The van der Waals surface area contributed by atoms with E-state index in [9.17, 15) is 26.3 Å². The summed E-state index contributed by atoms with van der Waals surface area (Å²) in [4.78, 5) is 9.84. The van der Waals surface area contributed by atoms with Crippen molar-refractivity contribution in [3.8, 4) is 16.9 Å². The molecule has 0 atom stereocenters. The molecule has 5 nitrogen and oxygen atoms in total. The summed E-state index contributed by atoms with van der Waals surface area (Å²) in [7, 11) is 0. The largest absolute Gasteiger partial charge is 0.573 e. The molecule has 0 bridgehead atoms. The monoisotopic (exact) mass is 338 g/mol. The third-order valence-electron chi connectivity index (χ3n) is 2.58. The van der Waals surface area contributed by atoms with Crippen molar-refractivity contribution in [3.05, 3.63) is 36.2 Å². The van der Waals surface area contributed by atoms with Gasteiger partial charge in [0.2, 0.25) is 5.82 Å². The second kappa shape index (κ2) is 5.99. The molecule has 2 N–H and O–H groups in total. The highest BCUT2D eigenvalue weighted by Gasteiger charge is 2.35. The molecule has 0 saturated heterocycles. The van der Waals surface area contributed by atoms with Crippen LogP contribution in [0.1, 0.15) is 11.5 Å². The summed E-state index contributed by atoms with van der Waals surface area (Å²) in [6.07, 6.45) is -7.48. The van der Waals surface area contributed by atoms with Crippen LogP contribution in [-0.2, 0) is 12.7 Å². The van der Waals surface area contributed by atoms with E-state index in [1.165, 1.54) is 0 Å². The van der Waals surface area contributed by atoms with Gasteiger partial charge in [-0.25, -0.2) is 9.97 Å². The van der Waals surface area contributed by atoms with Crippen molar-refractivity contribution >= 4 is 0 Å². The Morgan fingerprint density at radius 1 is 0.957 bits per heavy atom. The van der Waals surface area contributed by atoms with Gasteiger partial charge in [-0.15, -0.1) is 13.2 Å². The molecule has 0 aliphatic rings. The summed E-state index contributed by atoms with van der Waals surface area (Å²) in [6, 6.07) is 1.16. The molecule has 0 fully saturated rings. The number of alkyl halides is 6. The highest BCUT2D eigenvalue weighted by atomic mass is 19.4. The maximum Gasteiger partial charge on any atom is 0.573 e. The molecule has 2 aromatic rings. The minimum Gasteiger partial charge on any atom is -0.403 e. The first kappa shape index (κ1) is 16.9. The molecule has 23 heavy (non-hydrogen) atoms. The summed E-state index contributed by atoms with van der Waals surface area (Å²) in [5, 5.41) is 0. The lowest BCUT2D eigenvalue weighted by atomic mass is 10.1. The SMILES string of the molecule is NCc1cc(-c2cnc(C(F)(F)F)nc2)c(OC(F)(F)F)cn1. The van der Waals surface area contributed by atoms with Gasteiger partial charge in [-0.1, -0.05) is 0 Å². The van der Waals surface area contributed by atoms with Crippen molar-refractivity contribution in [2.24, 2.45) is 5.73 Å². The Morgan fingerprint density at radius 2 is 1.57 bits per heavy atom. The lowest BCUT2D eigenvalue weighted by molar-refractivity contribution is -0.274. The molecule has 0 aliphatic heterocycles. The Labute approximate surface area is 125 Å². The minimum absolute atomic E-state index is 0.0825. The van der Waals surface area contributed by atoms with E-state index in [2.05, 4.69) is 19.7 Å². The Kier molecular flexibility index (Phi) is 4.41. The van der Waals surface area contributed by atoms with Gasteiger partial charge in [-0.2, -0.15) is 13.2 Å². The molecule has 2 heterocycles. The van der Waals surface area contributed by atoms with E-state index in [0.717, 1.165) is 24.7 Å². The molecule has 0 saturated carbocycles. The van der Waals surface area contributed by atoms with Gasteiger partial charge in [0.1, 0.15) is 0 Å². The number of halogens is 6. The van der Waals surface area contributed by atoms with Crippen molar-refractivity contribution in [1.29, 1.82) is 0 Å². The summed E-state index contributed by atoms with van der Waals surface area (Å²) in [5.41, 5.74) is 5.29. The Hall–Kier alpha value is -2.43. The summed E-state index contributed by atoms with van der Waals surface area (Å²) < 4.78 is 78.2. The number of nitrogens with two attached hydrogens (primary N) is 1. The van der Waals surface area contributed by atoms with Crippen molar-refractivity contribution in [2.75, 3.05) is 0 Å². The minimum atomic E-state index is -4.99. The van der Waals surface area contributed by atoms with Crippen LogP contribution in [0.3, 0.4) is 0 Å². The maximum absolute atomic E-state index is 12.4. The first-order chi connectivity index (χ1) is 10.6. The van der Waals surface area contributed by atoms with E-state index in [1.807, 2.05) is 0 Å². The Balaban J connectivity index is 2.47. The van der Waals surface area contributed by atoms with E-state index in [4.69, 9.17) is 5.73 Å². The van der Waals surface area contributed by atoms with Gasteiger partial charge < -0.3 is 10.5 Å². The van der Waals surface area contributed by atoms with Gasteiger partial charge in [-0.3, -0.25) is 4.98 Å². The topological polar surface area (TPSA) is 73.9 Å². The fraction of sp³-hybridized carbons (Fsp3) is 0.250. The molecule has 0 unspecified atom stereocenters. The van der Waals surface area contributed by atoms with E-state index in [1.54, 1.807) is 0 Å². The zero-order valence-electron chi connectivity index (χ0n) is 11.1. The third-order valence-corrected chi connectivity index (χ3v) is 2.58. The molecule has 0 aliphatic carbocycles. The summed E-state index contributed by atoms with van der Waals surface area (Å²) >= 11 is 0. The second-order valence-electron chi connectivity index (χ2n) is 4.22. The van der Waals surface area contributed by atoms with Crippen molar-refractivity contribution < 1.29 is 31.1 Å². The molecule has 11 heteroatoms. The predicted molar refractivity (Wildman–Crippen MR) is 64.8 cm³/mol. The predicted octanol–water partition coefficient (Wildman–Crippen LogP) is 2.91. The summed E-state index contributed by atoms with van der Waals surface area (Å²) in [5.74, 6) is -2.11. The summed E-state index contributed by atoms with van der Waals surface area (Å²) in [6.45, 7) is -0.0825. The van der Waals surface area contributed by atoms with E-state index in [-0.39, 0.29) is 23.4 Å². The fourth-order valence-electron chi connectivity index (χ4n) is 1.64. The number of hydrogen-bond acceptors (Lipinski definition) is 5. The number of aromatic nitrogens is 3. The number of ether oxygens (including phenoxy) is 1. The quantitative estimate of drug-likeness (QED) is 0.871.